The molecule has 1 rings (SSSR count). The second-order valence-electron chi connectivity index (χ2n) is 5.82. The van der Waals surface area contributed by atoms with Crippen molar-refractivity contribution in [2.45, 2.75) is 43.8 Å². The Morgan fingerprint density at radius 3 is 2.46 bits per heavy atom. The number of aliphatic carboxylic acids is 1. The van der Waals surface area contributed by atoms with Gasteiger partial charge in [0.1, 0.15) is 12.1 Å². The molecule has 146 valence electrons. The average molecular weight is 386 g/mol. The molecule has 3 unspecified atom stereocenters. The minimum absolute atomic E-state index is 0.0656. The smallest absolute Gasteiger partial charge is 0.327 e. The van der Waals surface area contributed by atoms with Crippen LogP contribution < -0.4 is 22.1 Å². The van der Waals surface area contributed by atoms with E-state index in [1.54, 1.807) is 6.20 Å². The molecule has 8 N–H and O–H groups in total. The normalized spacial score (nSPS) is 14.3. The molecule has 0 radical (unpaired) electrons. The summed E-state index contributed by atoms with van der Waals surface area (Å²) in [4.78, 5) is 42.4. The Balaban J connectivity index is 2.69. The summed E-state index contributed by atoms with van der Waals surface area (Å²) in [5.74, 6) is -2.36. The van der Waals surface area contributed by atoms with Crippen LogP contribution in [0.15, 0.2) is 12.5 Å². The van der Waals surface area contributed by atoms with Crippen molar-refractivity contribution in [2.24, 2.45) is 11.5 Å². The Labute approximate surface area is 156 Å². The minimum atomic E-state index is -1.20. The van der Waals surface area contributed by atoms with Gasteiger partial charge >= 0.3 is 5.97 Å². The predicted molar refractivity (Wildman–Crippen MR) is 98.5 cm³/mol. The molecule has 0 saturated carbocycles. The zero-order valence-corrected chi connectivity index (χ0v) is 15.2. The molecule has 1 heterocycles. The van der Waals surface area contributed by atoms with Crippen molar-refractivity contribution in [1.29, 1.82) is 0 Å². The molecule has 0 aliphatic carbocycles. The van der Waals surface area contributed by atoms with Crippen molar-refractivity contribution in [3.8, 4) is 0 Å². The Kier molecular flexibility index (Phi) is 9.70. The lowest BCUT2D eigenvalue weighted by atomic mass is 10.1. The van der Waals surface area contributed by atoms with Crippen molar-refractivity contribution in [2.75, 3.05) is 12.3 Å². The summed E-state index contributed by atoms with van der Waals surface area (Å²) in [6, 6.07) is -2.91. The van der Waals surface area contributed by atoms with Gasteiger partial charge in [0.05, 0.1) is 12.4 Å². The lowest BCUT2D eigenvalue weighted by Gasteiger charge is -2.22. The standard InChI is InChI=1S/C15H26N6O4S/c16-4-2-1-3-11(14(23)21-12(7-26)15(24)25)20-13(22)10(17)5-9-6-18-8-19-9/h6,8,10-12,26H,1-5,7,16-17H2,(H,18,19)(H,20,22)(H,21,23)(H,24,25). The van der Waals surface area contributed by atoms with Crippen LogP contribution in [0.1, 0.15) is 25.0 Å². The van der Waals surface area contributed by atoms with Gasteiger partial charge in [-0.2, -0.15) is 12.6 Å². The number of aromatic amines is 1. The molecular weight excluding hydrogens is 360 g/mol. The molecule has 0 aliphatic heterocycles. The van der Waals surface area contributed by atoms with Crippen LogP contribution in [0.2, 0.25) is 0 Å². The lowest BCUT2D eigenvalue weighted by Crippen LogP contribution is -2.55. The van der Waals surface area contributed by atoms with Crippen LogP contribution in [0, 0.1) is 0 Å². The van der Waals surface area contributed by atoms with Crippen LogP contribution in [0.25, 0.3) is 0 Å². The summed E-state index contributed by atoms with van der Waals surface area (Å²) in [6.07, 6.45) is 4.87. The van der Waals surface area contributed by atoms with E-state index in [1.807, 2.05) is 0 Å². The third-order valence-electron chi connectivity index (χ3n) is 3.71. The number of carboxylic acids is 1. The summed E-state index contributed by atoms with van der Waals surface area (Å²) in [6.45, 7) is 0.454. The zero-order valence-electron chi connectivity index (χ0n) is 14.4. The van der Waals surface area contributed by atoms with Crippen molar-refractivity contribution >= 4 is 30.4 Å². The van der Waals surface area contributed by atoms with E-state index < -0.39 is 35.9 Å². The number of aromatic nitrogens is 2. The van der Waals surface area contributed by atoms with Gasteiger partial charge in [0.25, 0.3) is 0 Å². The highest BCUT2D eigenvalue weighted by atomic mass is 32.1. The van der Waals surface area contributed by atoms with E-state index in [9.17, 15) is 14.4 Å². The number of carbonyl (C=O) groups is 3. The van der Waals surface area contributed by atoms with Gasteiger partial charge in [0, 0.05) is 24.1 Å². The molecule has 0 saturated heterocycles. The molecule has 0 aliphatic rings. The quantitative estimate of drug-likeness (QED) is 0.167. The fourth-order valence-corrected chi connectivity index (χ4v) is 2.47. The molecule has 0 fully saturated rings. The molecular formula is C15H26N6O4S. The fraction of sp³-hybridized carbons (Fsp3) is 0.600. The van der Waals surface area contributed by atoms with Crippen molar-refractivity contribution < 1.29 is 19.5 Å². The summed E-state index contributed by atoms with van der Waals surface area (Å²) >= 11 is 3.91. The highest BCUT2D eigenvalue weighted by Crippen LogP contribution is 2.04. The first-order valence-corrected chi connectivity index (χ1v) is 8.89. The molecule has 2 amide bonds. The maximum Gasteiger partial charge on any atom is 0.327 e. The Bertz CT molecular complexity index is 583. The van der Waals surface area contributed by atoms with E-state index in [0.29, 0.717) is 31.5 Å². The second-order valence-corrected chi connectivity index (χ2v) is 6.18. The molecule has 1 aromatic heterocycles. The topological polar surface area (TPSA) is 176 Å². The van der Waals surface area contributed by atoms with Crippen LogP contribution in [0.3, 0.4) is 0 Å². The summed E-state index contributed by atoms with van der Waals surface area (Å²) in [7, 11) is 0. The van der Waals surface area contributed by atoms with E-state index in [-0.39, 0.29) is 12.2 Å². The average Bonchev–Trinajstić information content (AvgIpc) is 3.11. The number of carboxylic acid groups (broad SMARTS) is 1. The monoisotopic (exact) mass is 386 g/mol. The lowest BCUT2D eigenvalue weighted by molar-refractivity contribution is -0.141. The maximum absolute atomic E-state index is 12.4. The summed E-state index contributed by atoms with van der Waals surface area (Å²) < 4.78 is 0. The first-order chi connectivity index (χ1) is 12.4. The maximum atomic E-state index is 12.4. The number of nitrogens with one attached hydrogen (secondary N) is 3. The van der Waals surface area contributed by atoms with Gasteiger partial charge in [-0.15, -0.1) is 0 Å². The van der Waals surface area contributed by atoms with Gasteiger partial charge in [-0.1, -0.05) is 0 Å². The Hall–Kier alpha value is -2.11. The van der Waals surface area contributed by atoms with Crippen LogP contribution in [-0.2, 0) is 20.8 Å². The number of H-pyrrole nitrogens is 1. The number of nitrogens with zero attached hydrogens (tertiary/aromatic N) is 1. The highest BCUT2D eigenvalue weighted by Gasteiger charge is 2.27. The van der Waals surface area contributed by atoms with Crippen LogP contribution in [-0.4, -0.2) is 63.3 Å². The number of hydrogen-bond acceptors (Lipinski definition) is 7. The van der Waals surface area contributed by atoms with Gasteiger partial charge in [-0.3, -0.25) is 9.59 Å². The van der Waals surface area contributed by atoms with E-state index in [2.05, 4.69) is 33.2 Å². The van der Waals surface area contributed by atoms with E-state index in [0.717, 1.165) is 0 Å². The third kappa shape index (κ3) is 7.42. The van der Waals surface area contributed by atoms with E-state index >= 15 is 0 Å². The molecule has 3 atom stereocenters. The molecule has 0 aromatic carbocycles. The molecule has 11 heteroatoms. The number of rotatable bonds is 12. The van der Waals surface area contributed by atoms with Crippen LogP contribution in [0.4, 0.5) is 0 Å². The van der Waals surface area contributed by atoms with Crippen molar-refractivity contribution in [3.05, 3.63) is 18.2 Å². The molecule has 26 heavy (non-hydrogen) atoms. The van der Waals surface area contributed by atoms with Gasteiger partial charge in [0.2, 0.25) is 11.8 Å². The number of carbonyl (C=O) groups excluding carboxylic acids is 2. The van der Waals surface area contributed by atoms with Gasteiger partial charge in [-0.05, 0) is 25.8 Å². The number of nitrogens with two attached hydrogens (primary N) is 2. The molecule has 1 aromatic rings. The number of amides is 2. The SMILES string of the molecule is NCCCCC(NC(=O)C(N)Cc1cnc[nH]1)C(=O)NC(CS)C(=O)O. The molecule has 10 nitrogen and oxygen atoms in total. The Morgan fingerprint density at radius 2 is 1.92 bits per heavy atom. The zero-order chi connectivity index (χ0) is 19.5. The summed E-state index contributed by atoms with van der Waals surface area (Å²) in [5, 5.41) is 14.0. The minimum Gasteiger partial charge on any atom is -0.480 e. The molecule has 0 bridgehead atoms. The first-order valence-electron chi connectivity index (χ1n) is 8.26. The number of unbranched alkanes of at least 4 members (excludes halogenated alkanes) is 1. The van der Waals surface area contributed by atoms with Gasteiger partial charge < -0.3 is 32.2 Å². The highest BCUT2D eigenvalue weighted by molar-refractivity contribution is 7.80. The van der Waals surface area contributed by atoms with Crippen molar-refractivity contribution in [3.63, 3.8) is 0 Å². The van der Waals surface area contributed by atoms with Crippen LogP contribution >= 0.6 is 12.6 Å². The van der Waals surface area contributed by atoms with Crippen LogP contribution in [0.5, 0.6) is 0 Å². The molecule has 0 spiro atoms. The second kappa shape index (κ2) is 11.5. The number of imidazole rings is 1. The summed E-state index contributed by atoms with van der Waals surface area (Å²) in [5.41, 5.74) is 12.0. The fourth-order valence-electron chi connectivity index (χ4n) is 2.22. The van der Waals surface area contributed by atoms with E-state index in [4.69, 9.17) is 16.6 Å². The largest absolute Gasteiger partial charge is 0.480 e. The predicted octanol–water partition coefficient (Wildman–Crippen LogP) is -1.61. The van der Waals surface area contributed by atoms with Gasteiger partial charge in [0.15, 0.2) is 0 Å². The third-order valence-corrected chi connectivity index (χ3v) is 4.07. The first kappa shape index (κ1) is 21.9. The number of hydrogen-bond donors (Lipinski definition) is 7. The van der Waals surface area contributed by atoms with E-state index in [1.165, 1.54) is 6.33 Å². The van der Waals surface area contributed by atoms with Crippen molar-refractivity contribution in [1.82, 2.24) is 20.6 Å². The Morgan fingerprint density at radius 1 is 1.23 bits per heavy atom. The van der Waals surface area contributed by atoms with Gasteiger partial charge in [-0.25, -0.2) is 9.78 Å². The number of thiol groups is 1.